The lowest BCUT2D eigenvalue weighted by molar-refractivity contribution is 0.0696. The van der Waals surface area contributed by atoms with Crippen LogP contribution in [0.1, 0.15) is 43.2 Å². The molecule has 41 heavy (non-hydrogen) atoms. The highest BCUT2D eigenvalue weighted by Crippen LogP contribution is 2.27. The van der Waals surface area contributed by atoms with E-state index in [1.165, 1.54) is 23.6 Å². The maximum atomic E-state index is 13.7. The van der Waals surface area contributed by atoms with E-state index in [1.54, 1.807) is 24.3 Å². The number of nitrogens with one attached hydrogen (secondary N) is 1. The summed E-state index contributed by atoms with van der Waals surface area (Å²) in [5.74, 6) is -1.58. The van der Waals surface area contributed by atoms with E-state index in [0.717, 1.165) is 44.4 Å². The van der Waals surface area contributed by atoms with Crippen LogP contribution in [0.15, 0.2) is 109 Å². The largest absolute Gasteiger partial charge is 0.478 e. The molecule has 1 amide bonds. The number of rotatable bonds is 7. The van der Waals surface area contributed by atoms with Crippen molar-refractivity contribution in [1.29, 1.82) is 0 Å². The Morgan fingerprint density at radius 2 is 1.59 bits per heavy atom. The first-order valence-electron chi connectivity index (χ1n) is 13.3. The van der Waals surface area contributed by atoms with E-state index in [0.29, 0.717) is 12.1 Å². The van der Waals surface area contributed by atoms with Gasteiger partial charge in [0.2, 0.25) is 0 Å². The molecule has 2 heterocycles. The van der Waals surface area contributed by atoms with Crippen molar-refractivity contribution in [2.75, 3.05) is 0 Å². The van der Waals surface area contributed by atoms with Gasteiger partial charge in [-0.25, -0.2) is 9.18 Å². The fourth-order valence-corrected chi connectivity index (χ4v) is 5.28. The third-order valence-corrected chi connectivity index (χ3v) is 7.47. The summed E-state index contributed by atoms with van der Waals surface area (Å²) in [6, 6.07) is 33.6. The van der Waals surface area contributed by atoms with Crippen LogP contribution in [0.3, 0.4) is 0 Å². The van der Waals surface area contributed by atoms with Crippen LogP contribution in [0.2, 0.25) is 0 Å². The predicted molar refractivity (Wildman–Crippen MR) is 159 cm³/mol. The second kappa shape index (κ2) is 10.7. The molecule has 0 saturated carbocycles. The van der Waals surface area contributed by atoms with Crippen molar-refractivity contribution in [2.24, 2.45) is 0 Å². The Bertz CT molecular complexity index is 1940. The summed E-state index contributed by atoms with van der Waals surface area (Å²) < 4.78 is 15.6. The van der Waals surface area contributed by atoms with Crippen molar-refractivity contribution in [3.63, 3.8) is 0 Å². The van der Waals surface area contributed by atoms with Crippen molar-refractivity contribution in [3.05, 3.63) is 149 Å². The zero-order chi connectivity index (χ0) is 28.5. The van der Waals surface area contributed by atoms with Crippen LogP contribution in [0.4, 0.5) is 4.39 Å². The molecule has 0 aliphatic carbocycles. The minimum absolute atomic E-state index is 0.206. The number of fused-ring (bicyclic) bond motifs is 2. The van der Waals surface area contributed by atoms with Crippen LogP contribution in [0, 0.1) is 12.7 Å². The van der Waals surface area contributed by atoms with Crippen molar-refractivity contribution in [3.8, 4) is 11.1 Å². The van der Waals surface area contributed by atoms with Crippen LogP contribution in [-0.2, 0) is 13.0 Å². The summed E-state index contributed by atoms with van der Waals surface area (Å²) >= 11 is 0. The summed E-state index contributed by atoms with van der Waals surface area (Å²) in [6.45, 7) is 2.07. The number of nitrogens with zero attached hydrogens (tertiary/aromatic N) is 1. The van der Waals surface area contributed by atoms with Crippen molar-refractivity contribution in [1.82, 2.24) is 9.72 Å². The molecule has 0 aliphatic rings. The van der Waals surface area contributed by atoms with E-state index >= 15 is 0 Å². The first-order valence-corrected chi connectivity index (χ1v) is 13.3. The Balaban J connectivity index is 1.38. The molecule has 2 aromatic heterocycles. The summed E-state index contributed by atoms with van der Waals surface area (Å²) in [6.07, 6.45) is 0.630. The van der Waals surface area contributed by atoms with E-state index in [9.17, 15) is 19.1 Å². The third-order valence-electron chi connectivity index (χ3n) is 7.47. The second-order valence-corrected chi connectivity index (χ2v) is 10.2. The molecular weight excluding hydrogens is 515 g/mol. The highest BCUT2D eigenvalue weighted by molar-refractivity contribution is 5.95. The molecule has 0 fully saturated rings. The maximum Gasteiger partial charge on any atom is 0.335 e. The summed E-state index contributed by atoms with van der Waals surface area (Å²) in [7, 11) is 0. The summed E-state index contributed by atoms with van der Waals surface area (Å²) in [5, 5.41) is 14.6. The van der Waals surface area contributed by atoms with E-state index in [2.05, 4.69) is 35.6 Å². The molecule has 5 nitrogen and oxygen atoms in total. The van der Waals surface area contributed by atoms with Crippen molar-refractivity contribution >= 4 is 28.2 Å². The average Bonchev–Trinajstić information content (AvgIpc) is 3.38. The monoisotopic (exact) mass is 542 g/mol. The van der Waals surface area contributed by atoms with Gasteiger partial charge in [0.05, 0.1) is 5.56 Å². The molecule has 0 aliphatic heterocycles. The first kappa shape index (κ1) is 26.0. The number of hydrogen-bond donors (Lipinski definition) is 2. The second-order valence-electron chi connectivity index (χ2n) is 10.2. The smallest absolute Gasteiger partial charge is 0.335 e. The summed E-state index contributed by atoms with van der Waals surface area (Å²) in [5.41, 5.74) is 6.85. The van der Waals surface area contributed by atoms with Gasteiger partial charge in [-0.15, -0.1) is 0 Å². The number of halogens is 1. The molecule has 0 bridgehead atoms. The fraction of sp³-hybridized carbons (Fsp3) is 0.0857. The average molecular weight is 543 g/mol. The number of aromatic nitrogens is 1. The highest BCUT2D eigenvalue weighted by Gasteiger charge is 2.17. The van der Waals surface area contributed by atoms with Gasteiger partial charge in [0.25, 0.3) is 5.91 Å². The lowest BCUT2D eigenvalue weighted by atomic mass is 10.0. The van der Waals surface area contributed by atoms with Gasteiger partial charge >= 0.3 is 5.97 Å². The van der Waals surface area contributed by atoms with Crippen LogP contribution in [-0.4, -0.2) is 21.4 Å². The topological polar surface area (TPSA) is 70.8 Å². The Morgan fingerprint density at radius 3 is 2.34 bits per heavy atom. The molecule has 4 aromatic carbocycles. The Labute approximate surface area is 236 Å². The highest BCUT2D eigenvalue weighted by atomic mass is 19.1. The molecule has 202 valence electrons. The minimum atomic E-state index is -0.991. The van der Waals surface area contributed by atoms with Crippen LogP contribution < -0.4 is 5.32 Å². The lowest BCUT2D eigenvalue weighted by Crippen LogP contribution is -2.26. The van der Waals surface area contributed by atoms with Gasteiger partial charge in [-0.1, -0.05) is 60.7 Å². The van der Waals surface area contributed by atoms with Crippen molar-refractivity contribution < 1.29 is 19.1 Å². The summed E-state index contributed by atoms with van der Waals surface area (Å²) in [4.78, 5) is 25.1. The number of carboxylic acids is 1. The number of pyridine rings is 1. The first-order chi connectivity index (χ1) is 19.9. The molecule has 6 rings (SSSR count). The van der Waals surface area contributed by atoms with Crippen LogP contribution >= 0.6 is 0 Å². The van der Waals surface area contributed by atoms with Gasteiger partial charge in [0.1, 0.15) is 11.5 Å². The standard InChI is InChI=1S/C35H27FN2O3/c1-22-16-27(35(40)41)8-9-28(22)21-37-34(39)33-20-29(25-10-12-30(36)13-11-25)19-32-15-14-31(38(32)33)18-23-6-7-24-4-2-3-5-26(24)17-23/h2-17,19-20H,18,21H2,1H3,(H,37,39)(H,40,41). The van der Waals surface area contributed by atoms with Crippen LogP contribution in [0.5, 0.6) is 0 Å². The number of hydrogen-bond acceptors (Lipinski definition) is 2. The number of carboxylic acid groups (broad SMARTS) is 1. The third kappa shape index (κ3) is 5.32. The molecule has 0 radical (unpaired) electrons. The predicted octanol–water partition coefficient (Wildman–Crippen LogP) is 7.43. The fourth-order valence-electron chi connectivity index (χ4n) is 5.28. The molecular formula is C35H27FN2O3. The van der Waals surface area contributed by atoms with Crippen LogP contribution in [0.25, 0.3) is 27.4 Å². The molecule has 6 aromatic rings. The van der Waals surface area contributed by atoms with Gasteiger partial charge in [-0.05, 0) is 94.0 Å². The van der Waals surface area contributed by atoms with Gasteiger partial charge in [-0.2, -0.15) is 0 Å². The number of amides is 1. The Hall–Kier alpha value is -5.23. The van der Waals surface area contributed by atoms with Crippen molar-refractivity contribution in [2.45, 2.75) is 19.9 Å². The molecule has 0 saturated heterocycles. The zero-order valence-electron chi connectivity index (χ0n) is 22.4. The molecule has 0 spiro atoms. The normalized spacial score (nSPS) is 11.2. The zero-order valence-corrected chi connectivity index (χ0v) is 22.4. The van der Waals surface area contributed by atoms with Gasteiger partial charge in [0, 0.05) is 24.2 Å². The van der Waals surface area contributed by atoms with Gasteiger partial charge in [-0.3, -0.25) is 4.79 Å². The van der Waals surface area contributed by atoms with E-state index in [1.807, 2.05) is 47.7 Å². The lowest BCUT2D eigenvalue weighted by Gasteiger charge is -2.15. The Kier molecular flexibility index (Phi) is 6.81. The molecule has 6 heteroatoms. The minimum Gasteiger partial charge on any atom is -0.478 e. The van der Waals surface area contributed by atoms with E-state index in [4.69, 9.17) is 0 Å². The van der Waals surface area contributed by atoms with Gasteiger partial charge < -0.3 is 14.8 Å². The maximum absolute atomic E-state index is 13.7. The SMILES string of the molecule is Cc1cc(C(=O)O)ccc1CNC(=O)c1cc(-c2ccc(F)cc2)cc2ccc(Cc3ccc4ccccc4c3)n12. The number of carbonyl (C=O) groups excluding carboxylic acids is 1. The van der Waals surface area contributed by atoms with Gasteiger partial charge in [0.15, 0.2) is 0 Å². The molecule has 0 atom stereocenters. The molecule has 2 N–H and O–H groups in total. The van der Waals surface area contributed by atoms with E-state index in [-0.39, 0.29) is 23.8 Å². The quantitative estimate of drug-likeness (QED) is 0.220. The number of aryl methyl sites for hydroxylation is 1. The molecule has 0 unspecified atom stereocenters. The number of benzene rings is 4. The number of carbonyl (C=O) groups is 2. The van der Waals surface area contributed by atoms with E-state index < -0.39 is 5.97 Å². The number of aromatic carboxylic acids is 1. The Morgan fingerprint density at radius 1 is 0.805 bits per heavy atom.